The Bertz CT molecular complexity index is 1620. The van der Waals surface area contributed by atoms with Crippen molar-refractivity contribution < 1.29 is 75.8 Å². The van der Waals surface area contributed by atoms with Crippen molar-refractivity contribution in [3.63, 3.8) is 0 Å². The molecule has 0 bridgehead atoms. The summed E-state index contributed by atoms with van der Waals surface area (Å²) in [5, 5.41) is 20.4. The van der Waals surface area contributed by atoms with Crippen molar-refractivity contribution in [2.75, 3.05) is 39.6 Å². The fourth-order valence-electron chi connectivity index (χ4n) is 7.97. The van der Waals surface area contributed by atoms with E-state index < -0.39 is 91.5 Å². The van der Waals surface area contributed by atoms with E-state index in [-0.39, 0.29) is 19.3 Å². The number of aliphatic hydroxyl groups excluding tert-OH is 2. The molecule has 450 valence electrons. The van der Waals surface area contributed by atoms with Crippen LogP contribution >= 0.6 is 15.6 Å². The first kappa shape index (κ1) is 74.5. The number of allylic oxidation sites excluding steroid dienone is 8. The highest BCUT2D eigenvalue weighted by molar-refractivity contribution is 7.47. The van der Waals surface area contributed by atoms with Crippen molar-refractivity contribution in [3.8, 4) is 0 Å². The lowest BCUT2D eigenvalue weighted by Gasteiger charge is -2.21. The fourth-order valence-corrected chi connectivity index (χ4v) is 9.56. The van der Waals surface area contributed by atoms with E-state index >= 15 is 0 Å². The molecule has 0 radical (unpaired) electrons. The predicted molar refractivity (Wildman–Crippen MR) is 307 cm³/mol. The Morgan fingerprint density at radius 2 is 0.688 bits per heavy atom. The standard InChI is InChI=1S/C59H108O16P2/c1-4-7-10-13-16-19-22-23-24-25-26-27-28-29-32-34-36-39-42-45-57(62)69-48-54(60)49-71-76(65,66)72-50-55(61)51-73-77(67,68)74-53-56(75-59(64)47-44-41-38-35-31-21-18-15-12-9-6-3)52-70-58(63)46-43-40-37-33-30-20-17-14-11-8-5-2/h7,10,16,19,23-24,26-27,54-56,60-61H,4-6,8-9,11-15,17-18,20-22,25,28-53H2,1-3H3,(H,65,66)(H,67,68)/b10-7-,19-16-,24-23-,27-26-. The second-order valence-electron chi connectivity index (χ2n) is 20.1. The number of carbonyl (C=O) groups is 3. The Kier molecular flexibility index (Phi) is 52.4. The van der Waals surface area contributed by atoms with E-state index in [0.717, 1.165) is 109 Å². The molecule has 0 aromatic heterocycles. The lowest BCUT2D eigenvalue weighted by atomic mass is 10.1. The lowest BCUT2D eigenvalue weighted by molar-refractivity contribution is -0.161. The van der Waals surface area contributed by atoms with E-state index in [2.05, 4.69) is 69.4 Å². The molecule has 16 nitrogen and oxygen atoms in total. The molecule has 0 fully saturated rings. The van der Waals surface area contributed by atoms with Gasteiger partial charge in [-0.2, -0.15) is 0 Å². The molecular formula is C59H108O16P2. The van der Waals surface area contributed by atoms with Gasteiger partial charge < -0.3 is 34.2 Å². The van der Waals surface area contributed by atoms with Crippen LogP contribution in [0.1, 0.15) is 252 Å². The van der Waals surface area contributed by atoms with E-state index in [4.69, 9.17) is 32.3 Å². The van der Waals surface area contributed by atoms with Crippen molar-refractivity contribution in [2.24, 2.45) is 0 Å². The van der Waals surface area contributed by atoms with Gasteiger partial charge in [0.25, 0.3) is 0 Å². The summed E-state index contributed by atoms with van der Waals surface area (Å²) >= 11 is 0. The zero-order valence-corrected chi connectivity index (χ0v) is 49.9. The smallest absolute Gasteiger partial charge is 0.463 e. The van der Waals surface area contributed by atoms with Gasteiger partial charge in [0.1, 0.15) is 25.4 Å². The third-order valence-electron chi connectivity index (χ3n) is 12.6. The van der Waals surface area contributed by atoms with Crippen LogP contribution in [0.2, 0.25) is 0 Å². The number of unbranched alkanes of at least 4 members (excludes halogenated alkanes) is 26. The van der Waals surface area contributed by atoms with Crippen LogP contribution in [0.5, 0.6) is 0 Å². The summed E-state index contributed by atoms with van der Waals surface area (Å²) in [6, 6.07) is 0. The molecule has 0 aliphatic carbocycles. The Hall–Kier alpha value is -2.49. The number of esters is 3. The SMILES string of the molecule is CC/C=C\C/C=C\C/C=C\C/C=C\CCCCCCCCC(=O)OCC(O)COP(=O)(O)OCC(O)COP(=O)(O)OCC(COC(=O)CCCCCCCCCCCCC)OC(=O)CCCCCCCCCCCCC. The average molecular weight is 1140 g/mol. The highest BCUT2D eigenvalue weighted by Crippen LogP contribution is 2.45. The molecule has 0 aromatic rings. The van der Waals surface area contributed by atoms with Crippen LogP contribution in [0.15, 0.2) is 48.6 Å². The molecule has 0 spiro atoms. The van der Waals surface area contributed by atoms with Gasteiger partial charge in [-0.25, -0.2) is 9.13 Å². The number of hydrogen-bond donors (Lipinski definition) is 4. The van der Waals surface area contributed by atoms with Crippen LogP contribution in [-0.4, -0.2) is 95.9 Å². The van der Waals surface area contributed by atoms with E-state index in [1.165, 1.54) is 83.5 Å². The topological polar surface area (TPSA) is 231 Å². The minimum Gasteiger partial charge on any atom is -0.463 e. The van der Waals surface area contributed by atoms with Gasteiger partial charge in [-0.05, 0) is 57.8 Å². The van der Waals surface area contributed by atoms with Gasteiger partial charge in [-0.15, -0.1) is 0 Å². The average Bonchev–Trinajstić information content (AvgIpc) is 3.40. The van der Waals surface area contributed by atoms with Crippen molar-refractivity contribution in [2.45, 2.75) is 270 Å². The number of aliphatic hydroxyl groups is 2. The Labute approximate surface area is 466 Å². The molecule has 0 saturated heterocycles. The number of phosphoric acid groups is 2. The predicted octanol–water partition coefficient (Wildman–Crippen LogP) is 15.3. The third-order valence-corrected chi connectivity index (χ3v) is 14.5. The number of hydrogen-bond acceptors (Lipinski definition) is 14. The maximum absolute atomic E-state index is 12.8. The normalized spacial score (nSPS) is 14.8. The first-order valence-electron chi connectivity index (χ1n) is 29.9. The molecule has 0 aliphatic rings. The number of carbonyl (C=O) groups excluding carboxylic acids is 3. The first-order valence-corrected chi connectivity index (χ1v) is 32.9. The van der Waals surface area contributed by atoms with Gasteiger partial charge in [0.15, 0.2) is 6.10 Å². The van der Waals surface area contributed by atoms with E-state index in [1.807, 2.05) is 0 Å². The molecule has 0 saturated carbocycles. The van der Waals surface area contributed by atoms with Gasteiger partial charge >= 0.3 is 33.6 Å². The minimum absolute atomic E-state index is 0.111. The second-order valence-corrected chi connectivity index (χ2v) is 23.0. The molecular weight excluding hydrogens is 1030 g/mol. The van der Waals surface area contributed by atoms with Gasteiger partial charge in [0, 0.05) is 19.3 Å². The summed E-state index contributed by atoms with van der Waals surface area (Å²) in [6.45, 7) is 2.52. The summed E-state index contributed by atoms with van der Waals surface area (Å²) in [5.41, 5.74) is 0. The molecule has 0 aliphatic heterocycles. The summed E-state index contributed by atoms with van der Waals surface area (Å²) in [4.78, 5) is 57.9. The molecule has 5 atom stereocenters. The molecule has 0 rings (SSSR count). The summed E-state index contributed by atoms with van der Waals surface area (Å²) in [7, 11) is -9.74. The zero-order valence-electron chi connectivity index (χ0n) is 48.1. The van der Waals surface area contributed by atoms with Crippen LogP contribution < -0.4 is 0 Å². The Morgan fingerprint density at radius 3 is 1.09 bits per heavy atom. The monoisotopic (exact) mass is 1130 g/mol. The van der Waals surface area contributed by atoms with Crippen molar-refractivity contribution in [1.82, 2.24) is 0 Å². The van der Waals surface area contributed by atoms with Gasteiger partial charge in [-0.1, -0.05) is 223 Å². The zero-order chi connectivity index (χ0) is 56.8. The number of ether oxygens (including phenoxy) is 3. The number of phosphoric ester groups is 2. The first-order chi connectivity index (χ1) is 37.2. The molecule has 18 heteroatoms. The largest absolute Gasteiger partial charge is 0.472 e. The maximum atomic E-state index is 12.8. The highest BCUT2D eigenvalue weighted by Gasteiger charge is 2.29. The fraction of sp³-hybridized carbons (Fsp3) is 0.814. The Balaban J connectivity index is 4.56. The van der Waals surface area contributed by atoms with E-state index in [1.54, 1.807) is 0 Å². The van der Waals surface area contributed by atoms with Crippen molar-refractivity contribution in [3.05, 3.63) is 48.6 Å². The summed E-state index contributed by atoms with van der Waals surface area (Å²) in [5.74, 6) is -1.58. The van der Waals surface area contributed by atoms with Crippen LogP contribution in [0.4, 0.5) is 0 Å². The highest BCUT2D eigenvalue weighted by atomic mass is 31.2. The quantitative estimate of drug-likeness (QED) is 0.0146. The lowest BCUT2D eigenvalue weighted by Crippen LogP contribution is -2.30. The molecule has 5 unspecified atom stereocenters. The van der Waals surface area contributed by atoms with Gasteiger partial charge in [0.2, 0.25) is 0 Å². The van der Waals surface area contributed by atoms with Crippen molar-refractivity contribution >= 4 is 33.6 Å². The molecule has 0 aromatic carbocycles. The van der Waals surface area contributed by atoms with Crippen LogP contribution in [0.25, 0.3) is 0 Å². The van der Waals surface area contributed by atoms with E-state index in [9.17, 15) is 43.5 Å². The maximum Gasteiger partial charge on any atom is 0.472 e. The molecule has 0 amide bonds. The Morgan fingerprint density at radius 1 is 0.377 bits per heavy atom. The third kappa shape index (κ3) is 55.2. The molecule has 77 heavy (non-hydrogen) atoms. The molecule has 0 heterocycles. The summed E-state index contributed by atoms with van der Waals surface area (Å²) in [6.07, 6.45) is 49.0. The number of rotatable bonds is 57. The van der Waals surface area contributed by atoms with Gasteiger partial charge in [-0.3, -0.25) is 32.5 Å². The van der Waals surface area contributed by atoms with Crippen molar-refractivity contribution in [1.29, 1.82) is 0 Å². The molecule has 4 N–H and O–H groups in total. The van der Waals surface area contributed by atoms with Gasteiger partial charge in [0.05, 0.1) is 26.4 Å². The van der Waals surface area contributed by atoms with Crippen LogP contribution in [0.3, 0.4) is 0 Å². The summed E-state index contributed by atoms with van der Waals surface area (Å²) < 4.78 is 60.5. The van der Waals surface area contributed by atoms with E-state index in [0.29, 0.717) is 19.3 Å². The van der Waals surface area contributed by atoms with Crippen LogP contribution in [0, 0.1) is 0 Å². The second kappa shape index (κ2) is 54.1. The van der Waals surface area contributed by atoms with Crippen LogP contribution in [-0.2, 0) is 55.8 Å². The minimum atomic E-state index is -4.90.